The van der Waals surface area contributed by atoms with Crippen molar-refractivity contribution in [2.24, 2.45) is 0 Å². The second-order valence-corrected chi connectivity index (χ2v) is 6.94. The van der Waals surface area contributed by atoms with Gasteiger partial charge in [-0.2, -0.15) is 0 Å². The topological polar surface area (TPSA) is 117 Å². The number of amides is 2. The fraction of sp³-hybridized carbons (Fsp3) is 0.227. The summed E-state index contributed by atoms with van der Waals surface area (Å²) in [5.74, 6) is -1.25. The van der Waals surface area contributed by atoms with Crippen molar-refractivity contribution in [1.82, 2.24) is 10.8 Å². The van der Waals surface area contributed by atoms with Crippen molar-refractivity contribution in [3.63, 3.8) is 0 Å². The summed E-state index contributed by atoms with van der Waals surface area (Å²) < 4.78 is 5.29. The van der Waals surface area contributed by atoms with Gasteiger partial charge in [0.05, 0.1) is 18.8 Å². The van der Waals surface area contributed by atoms with Gasteiger partial charge in [0.1, 0.15) is 6.10 Å². The summed E-state index contributed by atoms with van der Waals surface area (Å²) in [4.78, 5) is 40.0. The third-order valence-electron chi connectivity index (χ3n) is 4.59. The third kappa shape index (κ3) is 5.83. The molecular weight excluding hydrogens is 402 g/mol. The van der Waals surface area contributed by atoms with E-state index in [2.05, 4.69) is 17.4 Å². The highest BCUT2D eigenvalue weighted by atomic mass is 16.7. The van der Waals surface area contributed by atoms with Gasteiger partial charge in [0, 0.05) is 12.6 Å². The molecule has 0 aliphatic carbocycles. The van der Waals surface area contributed by atoms with E-state index in [1.54, 1.807) is 0 Å². The van der Waals surface area contributed by atoms with Gasteiger partial charge in [0.2, 0.25) is 5.91 Å². The first-order valence-corrected chi connectivity index (χ1v) is 9.55. The normalized spacial score (nSPS) is 15.3. The van der Waals surface area contributed by atoms with Crippen LogP contribution >= 0.6 is 0 Å². The monoisotopic (exact) mass is 425 g/mol. The average Bonchev–Trinajstić information content (AvgIpc) is 3.13. The molecule has 2 aromatic carbocycles. The van der Waals surface area contributed by atoms with E-state index in [4.69, 9.17) is 14.7 Å². The summed E-state index contributed by atoms with van der Waals surface area (Å²) in [5.41, 5.74) is 6.34. The second-order valence-electron chi connectivity index (χ2n) is 6.94. The molecule has 0 bridgehead atoms. The number of nitrogens with one attached hydrogen (secondary N) is 2. The Balaban J connectivity index is 1.61. The highest BCUT2D eigenvalue weighted by Gasteiger charge is 2.32. The molecule has 1 aliphatic heterocycles. The smallest absolute Gasteiger partial charge is 0.414 e. The zero-order valence-corrected chi connectivity index (χ0v) is 17.0. The van der Waals surface area contributed by atoms with Gasteiger partial charge < -0.3 is 15.2 Å². The van der Waals surface area contributed by atoms with Crippen molar-refractivity contribution in [1.29, 1.82) is 0 Å². The maximum Gasteiger partial charge on any atom is 0.414 e. The minimum absolute atomic E-state index is 0.169. The van der Waals surface area contributed by atoms with Gasteiger partial charge >= 0.3 is 12.1 Å². The Morgan fingerprint density at radius 3 is 2.35 bits per heavy atom. The zero-order chi connectivity index (χ0) is 22.4. The molecule has 1 heterocycles. The number of carbonyl (C=O) groups excluding carboxylic acids is 2. The lowest BCUT2D eigenvalue weighted by Crippen LogP contribution is -2.33. The molecule has 0 radical (unpaired) electrons. The van der Waals surface area contributed by atoms with Crippen molar-refractivity contribution < 1.29 is 29.1 Å². The number of cyclic esters (lactones) is 1. The van der Waals surface area contributed by atoms with E-state index in [1.165, 1.54) is 11.8 Å². The number of aliphatic carboxylic acids is 1. The lowest BCUT2D eigenvalue weighted by Gasteiger charge is -2.14. The number of carboxylic acid groups (broad SMARTS) is 1. The summed E-state index contributed by atoms with van der Waals surface area (Å²) in [7, 11) is 0. The van der Waals surface area contributed by atoms with E-state index in [-0.39, 0.29) is 18.6 Å². The molecule has 9 heteroatoms. The van der Waals surface area contributed by atoms with Crippen molar-refractivity contribution >= 4 is 29.4 Å². The van der Waals surface area contributed by atoms with Crippen molar-refractivity contribution in [2.45, 2.75) is 13.0 Å². The van der Waals surface area contributed by atoms with E-state index in [1.807, 2.05) is 48.5 Å². The van der Waals surface area contributed by atoms with Crippen molar-refractivity contribution in [3.05, 3.63) is 60.7 Å². The number of carbonyl (C=O) groups is 3. The van der Waals surface area contributed by atoms with E-state index in [0.29, 0.717) is 17.9 Å². The van der Waals surface area contributed by atoms with Gasteiger partial charge in [-0.1, -0.05) is 43.0 Å². The highest BCUT2D eigenvalue weighted by Crippen LogP contribution is 2.27. The highest BCUT2D eigenvalue weighted by molar-refractivity contribution is 5.90. The van der Waals surface area contributed by atoms with Gasteiger partial charge in [-0.3, -0.25) is 20.0 Å². The minimum Gasteiger partial charge on any atom is -0.479 e. The van der Waals surface area contributed by atoms with Crippen molar-refractivity contribution in [2.75, 3.05) is 24.6 Å². The Bertz CT molecular complexity index is 972. The molecular formula is C22H23N3O6. The molecule has 2 amide bonds. The molecule has 9 nitrogen and oxygen atoms in total. The standard InChI is InChI=1S/C22H23N3O6/c1-14(24-30-13-21(27)28)16-3-5-17(6-4-16)18-7-9-19(10-8-18)25-12-20(31-22(25)29)11-23-15(2)26/h3-10,20,24H,1,11-13H2,2H3,(H,23,26)(H,27,28). The average molecular weight is 425 g/mol. The summed E-state index contributed by atoms with van der Waals surface area (Å²) in [6.45, 7) is 5.41. The van der Waals surface area contributed by atoms with Crippen LogP contribution in [-0.4, -0.2) is 48.9 Å². The molecule has 1 atom stereocenters. The fourth-order valence-corrected chi connectivity index (χ4v) is 3.04. The first kappa shape index (κ1) is 21.8. The van der Waals surface area contributed by atoms with Gasteiger partial charge in [-0.25, -0.2) is 9.59 Å². The largest absolute Gasteiger partial charge is 0.479 e. The SMILES string of the molecule is C=C(NOCC(=O)O)c1ccc(-c2ccc(N3CC(CNC(C)=O)OC3=O)cc2)cc1. The quantitative estimate of drug-likeness (QED) is 0.528. The van der Waals surface area contributed by atoms with Gasteiger partial charge in [-0.15, -0.1) is 0 Å². The van der Waals surface area contributed by atoms with E-state index < -0.39 is 18.7 Å². The molecule has 3 N–H and O–H groups in total. The molecule has 31 heavy (non-hydrogen) atoms. The molecule has 1 saturated heterocycles. The van der Waals surface area contributed by atoms with Crippen LogP contribution < -0.4 is 15.7 Å². The van der Waals surface area contributed by atoms with Crippen LogP contribution in [-0.2, 0) is 19.2 Å². The lowest BCUT2D eigenvalue weighted by molar-refractivity contribution is -0.143. The summed E-state index contributed by atoms with van der Waals surface area (Å²) >= 11 is 0. The number of hydrogen-bond donors (Lipinski definition) is 3. The number of benzene rings is 2. The summed E-state index contributed by atoms with van der Waals surface area (Å²) in [6.07, 6.45) is -0.826. The molecule has 3 rings (SSSR count). The number of hydrogen-bond acceptors (Lipinski definition) is 6. The second kappa shape index (κ2) is 9.77. The number of nitrogens with zero attached hydrogens (tertiary/aromatic N) is 1. The molecule has 1 aliphatic rings. The Kier molecular flexibility index (Phi) is 6.88. The van der Waals surface area contributed by atoms with Crippen LogP contribution in [0.3, 0.4) is 0 Å². The van der Waals surface area contributed by atoms with E-state index >= 15 is 0 Å². The van der Waals surface area contributed by atoms with Gasteiger partial charge in [0.25, 0.3) is 0 Å². The number of anilines is 1. The molecule has 2 aromatic rings. The third-order valence-corrected chi connectivity index (χ3v) is 4.59. The first-order chi connectivity index (χ1) is 14.8. The first-order valence-electron chi connectivity index (χ1n) is 9.55. The van der Waals surface area contributed by atoms with E-state index in [9.17, 15) is 14.4 Å². The van der Waals surface area contributed by atoms with Crippen LogP contribution in [0.1, 0.15) is 12.5 Å². The van der Waals surface area contributed by atoms with Crippen molar-refractivity contribution in [3.8, 4) is 11.1 Å². The Morgan fingerprint density at radius 2 is 1.77 bits per heavy atom. The summed E-state index contributed by atoms with van der Waals surface area (Å²) in [6, 6.07) is 15.0. The number of carboxylic acids is 1. The Morgan fingerprint density at radius 1 is 1.16 bits per heavy atom. The van der Waals surface area contributed by atoms with Gasteiger partial charge in [0.15, 0.2) is 6.61 Å². The van der Waals surface area contributed by atoms with Crippen LogP contribution in [0.15, 0.2) is 55.1 Å². The van der Waals surface area contributed by atoms with Crippen LogP contribution in [0.25, 0.3) is 16.8 Å². The molecule has 0 saturated carbocycles. The maximum absolute atomic E-state index is 12.1. The summed E-state index contributed by atoms with van der Waals surface area (Å²) in [5, 5.41) is 11.2. The van der Waals surface area contributed by atoms with Crippen LogP contribution in [0.5, 0.6) is 0 Å². The number of rotatable bonds is 9. The number of ether oxygens (including phenoxy) is 1. The molecule has 162 valence electrons. The van der Waals surface area contributed by atoms with Crippen LogP contribution in [0.2, 0.25) is 0 Å². The fourth-order valence-electron chi connectivity index (χ4n) is 3.04. The molecule has 0 aromatic heterocycles. The predicted molar refractivity (Wildman–Crippen MR) is 114 cm³/mol. The molecule has 1 unspecified atom stereocenters. The van der Waals surface area contributed by atoms with Gasteiger partial charge in [-0.05, 0) is 28.8 Å². The van der Waals surface area contributed by atoms with E-state index in [0.717, 1.165) is 16.7 Å². The lowest BCUT2D eigenvalue weighted by atomic mass is 10.0. The number of hydroxylamine groups is 1. The van der Waals surface area contributed by atoms with Crippen LogP contribution in [0, 0.1) is 0 Å². The minimum atomic E-state index is -1.08. The van der Waals surface area contributed by atoms with Crippen LogP contribution in [0.4, 0.5) is 10.5 Å². The zero-order valence-electron chi connectivity index (χ0n) is 17.0. The Labute approximate surface area is 179 Å². The maximum atomic E-state index is 12.1. The Hall–Kier alpha value is -3.85. The predicted octanol–water partition coefficient (Wildman–Crippen LogP) is 2.39. The molecule has 0 spiro atoms. The molecule has 1 fully saturated rings.